The van der Waals surface area contributed by atoms with E-state index in [2.05, 4.69) is 27.8 Å². The van der Waals surface area contributed by atoms with E-state index in [0.717, 1.165) is 31.4 Å². The fraction of sp³-hybridized carbons (Fsp3) is 0.417. The van der Waals surface area contributed by atoms with Crippen LogP contribution in [0.5, 0.6) is 0 Å². The lowest BCUT2D eigenvalue weighted by atomic mass is 9.95. The van der Waals surface area contributed by atoms with Crippen molar-refractivity contribution in [2.24, 2.45) is 4.99 Å². The van der Waals surface area contributed by atoms with Crippen LogP contribution in [0.1, 0.15) is 36.5 Å². The second-order valence-corrected chi connectivity index (χ2v) is 8.14. The van der Waals surface area contributed by atoms with E-state index in [1.807, 2.05) is 36.1 Å². The highest BCUT2D eigenvalue weighted by molar-refractivity contribution is 14.0. The molecule has 2 aliphatic rings. The third-order valence-corrected chi connectivity index (χ3v) is 6.09. The molecule has 1 aliphatic carbocycles. The van der Waals surface area contributed by atoms with Crippen molar-refractivity contribution in [1.29, 1.82) is 0 Å². The fourth-order valence-corrected chi connectivity index (χ4v) is 4.13. The van der Waals surface area contributed by atoms with Crippen LogP contribution in [-0.4, -0.2) is 42.9 Å². The molecule has 5 nitrogen and oxygen atoms in total. The Morgan fingerprint density at radius 1 is 1.10 bits per heavy atom. The molecule has 0 unspecified atom stereocenters. The van der Waals surface area contributed by atoms with Crippen LogP contribution < -0.4 is 10.6 Å². The van der Waals surface area contributed by atoms with Gasteiger partial charge in [0.1, 0.15) is 12.4 Å². The first-order valence-corrected chi connectivity index (χ1v) is 10.7. The van der Waals surface area contributed by atoms with Crippen molar-refractivity contribution in [3.63, 3.8) is 0 Å². The van der Waals surface area contributed by atoms with E-state index in [-0.39, 0.29) is 47.7 Å². The predicted octanol–water partition coefficient (Wildman–Crippen LogP) is 3.62. The number of nitrogens with one attached hydrogen (secondary N) is 2. The Balaban J connectivity index is 0.00000272. The first kappa shape index (κ1) is 23.5. The molecule has 1 heterocycles. The van der Waals surface area contributed by atoms with Crippen LogP contribution in [0.4, 0.5) is 4.39 Å². The van der Waals surface area contributed by atoms with Crippen LogP contribution in [0, 0.1) is 5.82 Å². The molecule has 0 bridgehead atoms. The van der Waals surface area contributed by atoms with Crippen LogP contribution in [0.3, 0.4) is 0 Å². The van der Waals surface area contributed by atoms with E-state index in [4.69, 9.17) is 0 Å². The van der Waals surface area contributed by atoms with Gasteiger partial charge in [0.25, 0.3) is 0 Å². The summed E-state index contributed by atoms with van der Waals surface area (Å²) in [5, 5.41) is 6.52. The van der Waals surface area contributed by atoms with Gasteiger partial charge >= 0.3 is 0 Å². The molecule has 31 heavy (non-hydrogen) atoms. The summed E-state index contributed by atoms with van der Waals surface area (Å²) in [6.45, 7) is 4.76. The molecule has 2 aromatic rings. The third kappa shape index (κ3) is 5.56. The van der Waals surface area contributed by atoms with Gasteiger partial charge in [-0.15, -0.1) is 24.0 Å². The Bertz CT molecular complexity index is 945. The number of carbonyl (C=O) groups excluding carboxylic acids is 1. The third-order valence-electron chi connectivity index (χ3n) is 6.09. The molecular formula is C24H30FIN4O. The quantitative estimate of drug-likeness (QED) is 0.337. The van der Waals surface area contributed by atoms with E-state index in [0.29, 0.717) is 25.6 Å². The number of fused-ring (bicyclic) bond motifs is 1. The highest BCUT2D eigenvalue weighted by Gasteiger charge is 2.45. The molecule has 0 spiro atoms. The van der Waals surface area contributed by atoms with E-state index >= 15 is 0 Å². The van der Waals surface area contributed by atoms with Crippen molar-refractivity contribution in [3.8, 4) is 0 Å². The lowest BCUT2D eigenvalue weighted by Crippen LogP contribution is -2.43. The second-order valence-electron chi connectivity index (χ2n) is 8.14. The monoisotopic (exact) mass is 536 g/mol. The number of amides is 1. The van der Waals surface area contributed by atoms with E-state index in [9.17, 15) is 9.18 Å². The predicted molar refractivity (Wildman–Crippen MR) is 132 cm³/mol. The lowest BCUT2D eigenvalue weighted by molar-refractivity contribution is -0.130. The van der Waals surface area contributed by atoms with Crippen LogP contribution >= 0.6 is 24.0 Å². The molecule has 1 fully saturated rings. The SMILES string of the molecule is CCNC(=NCC(=O)N1CCc2ccccc2C1)NCC1(c2ccccc2F)CC1.I. The van der Waals surface area contributed by atoms with E-state index in [1.54, 1.807) is 6.07 Å². The molecule has 0 aromatic heterocycles. The maximum Gasteiger partial charge on any atom is 0.244 e. The van der Waals surface area contributed by atoms with Crippen molar-refractivity contribution in [2.75, 3.05) is 26.2 Å². The molecule has 0 saturated heterocycles. The number of carbonyl (C=O) groups is 1. The highest BCUT2D eigenvalue weighted by Crippen LogP contribution is 2.48. The normalized spacial score (nSPS) is 16.7. The number of hydrogen-bond acceptors (Lipinski definition) is 2. The lowest BCUT2D eigenvalue weighted by Gasteiger charge is -2.28. The standard InChI is InChI=1S/C24H29FN4O.HI/c1-2-26-23(28-17-24(12-13-24)20-9-5-6-10-21(20)25)27-15-22(30)29-14-11-18-7-3-4-8-19(18)16-29;/h3-10H,2,11-17H2,1H3,(H2,26,27,28);1H. The topological polar surface area (TPSA) is 56.7 Å². The Hall–Kier alpha value is -2.16. The number of guanidine groups is 1. The summed E-state index contributed by atoms with van der Waals surface area (Å²) in [7, 11) is 0. The van der Waals surface area contributed by atoms with Crippen LogP contribution in [0.25, 0.3) is 0 Å². The van der Waals surface area contributed by atoms with Gasteiger partial charge in [0.05, 0.1) is 0 Å². The molecular weight excluding hydrogens is 506 g/mol. The first-order chi connectivity index (χ1) is 14.6. The largest absolute Gasteiger partial charge is 0.357 e. The Kier molecular flexibility index (Phi) is 7.91. The Morgan fingerprint density at radius 3 is 2.52 bits per heavy atom. The average molecular weight is 536 g/mol. The van der Waals surface area contributed by atoms with Gasteiger partial charge in [0.2, 0.25) is 5.91 Å². The number of benzene rings is 2. The van der Waals surface area contributed by atoms with Crippen LogP contribution in [0.15, 0.2) is 53.5 Å². The maximum absolute atomic E-state index is 14.2. The highest BCUT2D eigenvalue weighted by atomic mass is 127. The summed E-state index contributed by atoms with van der Waals surface area (Å²) >= 11 is 0. The summed E-state index contributed by atoms with van der Waals surface area (Å²) in [6.07, 6.45) is 2.79. The maximum atomic E-state index is 14.2. The van der Waals surface area contributed by atoms with Gasteiger partial charge in [0.15, 0.2) is 5.96 Å². The minimum Gasteiger partial charge on any atom is -0.357 e. The Labute approximate surface area is 200 Å². The zero-order valence-electron chi connectivity index (χ0n) is 17.9. The van der Waals surface area contributed by atoms with Crippen LogP contribution in [0.2, 0.25) is 0 Å². The Morgan fingerprint density at radius 2 is 1.81 bits per heavy atom. The number of halogens is 2. The van der Waals surface area contributed by atoms with Gasteiger partial charge in [0, 0.05) is 31.6 Å². The van der Waals surface area contributed by atoms with Gasteiger partial charge in [-0.05, 0) is 48.9 Å². The summed E-state index contributed by atoms with van der Waals surface area (Å²) in [5.74, 6) is 0.474. The summed E-state index contributed by atoms with van der Waals surface area (Å²) in [4.78, 5) is 19.1. The molecule has 4 rings (SSSR count). The van der Waals surface area contributed by atoms with Gasteiger partial charge in [-0.3, -0.25) is 4.79 Å². The average Bonchev–Trinajstić information content (AvgIpc) is 3.56. The molecule has 1 saturated carbocycles. The summed E-state index contributed by atoms with van der Waals surface area (Å²) in [5.41, 5.74) is 3.12. The molecule has 0 atom stereocenters. The minimum absolute atomic E-state index is 0. The van der Waals surface area contributed by atoms with Crippen molar-refractivity contribution < 1.29 is 9.18 Å². The van der Waals surface area contributed by atoms with Gasteiger partial charge < -0.3 is 15.5 Å². The molecule has 1 amide bonds. The van der Waals surface area contributed by atoms with Crippen molar-refractivity contribution >= 4 is 35.8 Å². The number of rotatable bonds is 6. The van der Waals surface area contributed by atoms with Gasteiger partial charge in [-0.2, -0.15) is 0 Å². The fourth-order valence-electron chi connectivity index (χ4n) is 4.13. The summed E-state index contributed by atoms with van der Waals surface area (Å²) in [6, 6.07) is 15.3. The van der Waals surface area contributed by atoms with E-state index < -0.39 is 0 Å². The molecule has 2 aromatic carbocycles. The first-order valence-electron chi connectivity index (χ1n) is 10.7. The molecule has 0 radical (unpaired) electrons. The van der Waals surface area contributed by atoms with Crippen molar-refractivity contribution in [1.82, 2.24) is 15.5 Å². The number of nitrogens with zero attached hydrogens (tertiary/aromatic N) is 2. The molecule has 166 valence electrons. The molecule has 1 aliphatic heterocycles. The van der Waals surface area contributed by atoms with Gasteiger partial charge in [-0.25, -0.2) is 9.38 Å². The van der Waals surface area contributed by atoms with Crippen molar-refractivity contribution in [2.45, 2.75) is 38.1 Å². The smallest absolute Gasteiger partial charge is 0.244 e. The molecule has 2 N–H and O–H groups in total. The van der Waals surface area contributed by atoms with Crippen molar-refractivity contribution in [3.05, 3.63) is 71.0 Å². The minimum atomic E-state index is -0.178. The van der Waals surface area contributed by atoms with E-state index in [1.165, 1.54) is 17.2 Å². The molecule has 7 heteroatoms. The second kappa shape index (κ2) is 10.4. The zero-order valence-corrected chi connectivity index (χ0v) is 20.2. The summed E-state index contributed by atoms with van der Waals surface area (Å²) < 4.78 is 14.2. The van der Waals surface area contributed by atoms with Gasteiger partial charge in [-0.1, -0.05) is 42.5 Å². The number of aliphatic imine (C=N–C) groups is 1. The number of hydrogen-bond donors (Lipinski definition) is 2. The van der Waals surface area contributed by atoms with Crippen LogP contribution in [-0.2, 0) is 23.2 Å². The zero-order chi connectivity index (χ0) is 21.0.